The molecule has 0 rings (SSSR count). The molecule has 0 aliphatic rings. The van der Waals surface area contributed by atoms with Crippen LogP contribution in [-0.2, 0) is 9.59 Å². The fourth-order valence-corrected chi connectivity index (χ4v) is 4.22. The minimum Gasteiger partial charge on any atom is -0.278 e. The zero-order valence-corrected chi connectivity index (χ0v) is 26.8. The SMILES string of the molecule is CC/C=C\C/C=C\C/C=C\CCCCCCCC(=O)NC(=O)NC(=O)CCCCCCC/C=C\C/C=C\C/C=C\CC. The maximum Gasteiger partial charge on any atom is 0.328 e. The van der Waals surface area contributed by atoms with Crippen molar-refractivity contribution in [3.8, 4) is 0 Å². The van der Waals surface area contributed by atoms with Crippen molar-refractivity contribution in [2.24, 2.45) is 0 Å². The van der Waals surface area contributed by atoms with Crippen molar-refractivity contribution in [1.29, 1.82) is 0 Å². The molecule has 0 fully saturated rings. The second-order valence-electron chi connectivity index (χ2n) is 10.6. The molecule has 5 heteroatoms. The van der Waals surface area contributed by atoms with Crippen molar-refractivity contribution in [3.05, 3.63) is 72.9 Å². The average molecular weight is 581 g/mol. The highest BCUT2D eigenvalue weighted by atomic mass is 16.2. The van der Waals surface area contributed by atoms with Crippen LogP contribution in [0.1, 0.15) is 142 Å². The Morgan fingerprint density at radius 2 is 0.714 bits per heavy atom. The van der Waals surface area contributed by atoms with Gasteiger partial charge in [0.2, 0.25) is 11.8 Å². The lowest BCUT2D eigenvalue weighted by Gasteiger charge is -2.06. The molecule has 0 spiro atoms. The largest absolute Gasteiger partial charge is 0.328 e. The first-order chi connectivity index (χ1) is 20.6. The highest BCUT2D eigenvalue weighted by molar-refractivity contribution is 6.01. The van der Waals surface area contributed by atoms with Gasteiger partial charge >= 0.3 is 6.03 Å². The predicted octanol–water partition coefficient (Wildman–Crippen LogP) is 10.5. The summed E-state index contributed by atoms with van der Waals surface area (Å²) in [5.41, 5.74) is 0. The van der Waals surface area contributed by atoms with E-state index >= 15 is 0 Å². The summed E-state index contributed by atoms with van der Waals surface area (Å²) < 4.78 is 0. The smallest absolute Gasteiger partial charge is 0.278 e. The highest BCUT2D eigenvalue weighted by Gasteiger charge is 2.10. The molecule has 42 heavy (non-hydrogen) atoms. The van der Waals surface area contributed by atoms with E-state index in [9.17, 15) is 14.4 Å². The maximum atomic E-state index is 12.0. The summed E-state index contributed by atoms with van der Waals surface area (Å²) in [5, 5.41) is 4.55. The predicted molar refractivity (Wildman–Crippen MR) is 180 cm³/mol. The van der Waals surface area contributed by atoms with E-state index in [0.717, 1.165) is 116 Å². The van der Waals surface area contributed by atoms with E-state index in [1.165, 1.54) is 0 Å². The monoisotopic (exact) mass is 580 g/mol. The molecule has 236 valence electrons. The van der Waals surface area contributed by atoms with Gasteiger partial charge in [0.15, 0.2) is 0 Å². The Bertz CT molecular complexity index is 781. The number of carbonyl (C=O) groups excluding carboxylic acids is 3. The molecular weight excluding hydrogens is 520 g/mol. The maximum absolute atomic E-state index is 12.0. The normalized spacial score (nSPS) is 12.2. The van der Waals surface area contributed by atoms with Gasteiger partial charge in [0.1, 0.15) is 0 Å². The van der Waals surface area contributed by atoms with Gasteiger partial charge in [-0.15, -0.1) is 0 Å². The molecule has 4 amide bonds. The van der Waals surface area contributed by atoms with Crippen molar-refractivity contribution < 1.29 is 14.4 Å². The lowest BCUT2D eigenvalue weighted by atomic mass is 10.1. The number of unbranched alkanes of at least 4 members (excludes halogenated alkanes) is 10. The molecule has 0 saturated heterocycles. The Balaban J connectivity index is 3.58. The number of rotatable bonds is 26. The minimum atomic E-state index is -0.705. The third kappa shape index (κ3) is 31.6. The molecule has 0 aliphatic carbocycles. The Hall–Kier alpha value is -2.95. The third-order valence-corrected chi connectivity index (χ3v) is 6.62. The van der Waals surface area contributed by atoms with Crippen LogP contribution in [0.4, 0.5) is 4.79 Å². The molecule has 0 aliphatic heterocycles. The molecule has 5 nitrogen and oxygen atoms in total. The fraction of sp³-hybridized carbons (Fsp3) is 0.595. The first kappa shape index (κ1) is 39.0. The van der Waals surface area contributed by atoms with Crippen LogP contribution in [0.3, 0.4) is 0 Å². The molecular formula is C37H60N2O3. The Morgan fingerprint density at radius 1 is 0.405 bits per heavy atom. The van der Waals surface area contributed by atoms with Gasteiger partial charge in [-0.3, -0.25) is 20.2 Å². The average Bonchev–Trinajstić information content (AvgIpc) is 2.97. The Labute approximate surface area is 257 Å². The fourth-order valence-electron chi connectivity index (χ4n) is 4.22. The van der Waals surface area contributed by atoms with Gasteiger partial charge in [-0.05, 0) is 77.0 Å². The van der Waals surface area contributed by atoms with Gasteiger partial charge in [-0.25, -0.2) is 4.79 Å². The van der Waals surface area contributed by atoms with E-state index in [0.29, 0.717) is 12.8 Å². The second kappa shape index (κ2) is 32.6. The summed E-state index contributed by atoms with van der Waals surface area (Å²) in [6.45, 7) is 4.29. The van der Waals surface area contributed by atoms with Gasteiger partial charge in [0.25, 0.3) is 0 Å². The lowest BCUT2D eigenvalue weighted by Crippen LogP contribution is -2.42. The van der Waals surface area contributed by atoms with Crippen LogP contribution in [0.15, 0.2) is 72.9 Å². The van der Waals surface area contributed by atoms with Crippen LogP contribution in [-0.4, -0.2) is 17.8 Å². The van der Waals surface area contributed by atoms with Crippen molar-refractivity contribution in [2.75, 3.05) is 0 Å². The first-order valence-corrected chi connectivity index (χ1v) is 16.6. The number of allylic oxidation sites excluding steroid dienone is 12. The topological polar surface area (TPSA) is 75.3 Å². The second-order valence-corrected chi connectivity index (χ2v) is 10.6. The van der Waals surface area contributed by atoms with E-state index in [-0.39, 0.29) is 11.8 Å². The molecule has 0 saturated carbocycles. The number of imide groups is 2. The molecule has 0 unspecified atom stereocenters. The summed E-state index contributed by atoms with van der Waals surface area (Å²) in [6.07, 6.45) is 45.7. The number of nitrogens with one attached hydrogen (secondary N) is 2. The van der Waals surface area contributed by atoms with Crippen LogP contribution in [0.25, 0.3) is 0 Å². The van der Waals surface area contributed by atoms with E-state index in [1.54, 1.807) is 0 Å². The molecule has 0 radical (unpaired) electrons. The number of hydrogen-bond donors (Lipinski definition) is 2. The number of amides is 4. The van der Waals surface area contributed by atoms with Crippen LogP contribution in [0.5, 0.6) is 0 Å². The number of hydrogen-bond acceptors (Lipinski definition) is 3. The van der Waals surface area contributed by atoms with Gasteiger partial charge in [-0.1, -0.05) is 125 Å². The van der Waals surface area contributed by atoms with Crippen molar-refractivity contribution >= 4 is 17.8 Å². The van der Waals surface area contributed by atoms with Crippen molar-refractivity contribution in [2.45, 2.75) is 142 Å². The van der Waals surface area contributed by atoms with E-state index < -0.39 is 6.03 Å². The molecule has 0 bridgehead atoms. The molecule has 0 heterocycles. The molecule has 0 aromatic rings. The van der Waals surface area contributed by atoms with E-state index in [1.807, 2.05) is 0 Å². The molecule has 0 atom stereocenters. The number of urea groups is 1. The highest BCUT2D eigenvalue weighted by Crippen LogP contribution is 2.09. The van der Waals surface area contributed by atoms with Crippen molar-refractivity contribution in [3.63, 3.8) is 0 Å². The summed E-state index contributed by atoms with van der Waals surface area (Å²) in [5.74, 6) is -0.647. The van der Waals surface area contributed by atoms with Crippen LogP contribution in [0, 0.1) is 0 Å². The zero-order chi connectivity index (χ0) is 30.8. The van der Waals surface area contributed by atoms with Gasteiger partial charge in [-0.2, -0.15) is 0 Å². The molecule has 0 aromatic carbocycles. The first-order valence-electron chi connectivity index (χ1n) is 16.6. The van der Waals surface area contributed by atoms with Gasteiger partial charge in [0.05, 0.1) is 0 Å². The van der Waals surface area contributed by atoms with Crippen LogP contribution in [0.2, 0.25) is 0 Å². The Kier molecular flexibility index (Phi) is 30.3. The molecule has 2 N–H and O–H groups in total. The zero-order valence-electron chi connectivity index (χ0n) is 26.8. The van der Waals surface area contributed by atoms with Crippen molar-refractivity contribution in [1.82, 2.24) is 10.6 Å². The van der Waals surface area contributed by atoms with Crippen LogP contribution < -0.4 is 10.6 Å². The number of carbonyl (C=O) groups is 3. The van der Waals surface area contributed by atoms with E-state index in [4.69, 9.17) is 0 Å². The summed E-state index contributed by atoms with van der Waals surface area (Å²) in [6, 6.07) is -0.705. The van der Waals surface area contributed by atoms with E-state index in [2.05, 4.69) is 97.4 Å². The standard InChI is InChI=1S/C37H60N2O3/c1-3-5-7-9-11-13-15-17-19-21-23-25-27-29-31-33-35(40)38-37(42)39-36(41)34-32-30-28-26-24-22-20-18-16-14-12-10-8-6-4-2/h5-8,11-14,17-20H,3-4,9-10,15-16,21-34H2,1-2H3,(H2,38,39,40,41,42)/b7-5-,8-6-,13-11-,14-12-,19-17-,20-18-. The molecule has 0 aromatic heterocycles. The quantitative estimate of drug-likeness (QED) is 0.0789. The summed E-state index contributed by atoms with van der Waals surface area (Å²) in [7, 11) is 0. The van der Waals surface area contributed by atoms with Gasteiger partial charge < -0.3 is 0 Å². The van der Waals surface area contributed by atoms with Crippen LogP contribution >= 0.6 is 0 Å². The summed E-state index contributed by atoms with van der Waals surface area (Å²) >= 11 is 0. The third-order valence-electron chi connectivity index (χ3n) is 6.62. The summed E-state index contributed by atoms with van der Waals surface area (Å²) in [4.78, 5) is 35.8. The lowest BCUT2D eigenvalue weighted by molar-refractivity contribution is -0.120. The van der Waals surface area contributed by atoms with Gasteiger partial charge in [0, 0.05) is 12.8 Å². The minimum absolute atomic E-state index is 0.309. The Morgan fingerprint density at radius 3 is 1.10 bits per heavy atom.